The van der Waals surface area contributed by atoms with Crippen molar-refractivity contribution in [3.8, 4) is 0 Å². The summed E-state index contributed by atoms with van der Waals surface area (Å²) in [5.41, 5.74) is 6.16. The smallest absolute Gasteiger partial charge is 0.239 e. The molecule has 23 heavy (non-hydrogen) atoms. The van der Waals surface area contributed by atoms with Crippen LogP contribution in [0.1, 0.15) is 45.4 Å². The minimum absolute atomic E-state index is 0.0567. The number of hydrogen-bond donors (Lipinski definition) is 2. The van der Waals surface area contributed by atoms with E-state index in [1.54, 1.807) is 0 Å². The SMILES string of the molecule is CCNC(=O)CN1CCN(C(=O)C(N)CC2CCCCC2)CC1. The van der Waals surface area contributed by atoms with Gasteiger partial charge in [0.25, 0.3) is 0 Å². The normalized spacial score (nSPS) is 21.9. The van der Waals surface area contributed by atoms with Crippen molar-refractivity contribution >= 4 is 11.8 Å². The number of rotatable bonds is 6. The van der Waals surface area contributed by atoms with Crippen molar-refractivity contribution in [2.45, 2.75) is 51.5 Å². The van der Waals surface area contributed by atoms with Crippen LogP contribution in [-0.2, 0) is 9.59 Å². The highest BCUT2D eigenvalue weighted by Gasteiger charge is 2.28. The lowest BCUT2D eigenvalue weighted by molar-refractivity contribution is -0.135. The molecule has 2 fully saturated rings. The Morgan fingerprint density at radius 1 is 1.13 bits per heavy atom. The van der Waals surface area contributed by atoms with Gasteiger partial charge in [0.1, 0.15) is 0 Å². The zero-order valence-electron chi connectivity index (χ0n) is 14.4. The lowest BCUT2D eigenvalue weighted by Gasteiger charge is -2.36. The van der Waals surface area contributed by atoms with Crippen LogP contribution in [0.3, 0.4) is 0 Å². The molecule has 1 aliphatic carbocycles. The predicted octanol–water partition coefficient (Wildman–Crippen LogP) is 0.564. The Kier molecular flexibility index (Phi) is 7.30. The van der Waals surface area contributed by atoms with Gasteiger partial charge in [-0.3, -0.25) is 14.5 Å². The molecule has 1 heterocycles. The first-order valence-electron chi connectivity index (χ1n) is 9.13. The van der Waals surface area contributed by atoms with E-state index in [9.17, 15) is 9.59 Å². The molecule has 3 N–H and O–H groups in total. The quantitative estimate of drug-likeness (QED) is 0.748. The summed E-state index contributed by atoms with van der Waals surface area (Å²) in [6.07, 6.45) is 7.17. The number of carbonyl (C=O) groups is 2. The van der Waals surface area contributed by atoms with Crippen LogP contribution in [0.15, 0.2) is 0 Å². The van der Waals surface area contributed by atoms with Gasteiger partial charge in [-0.1, -0.05) is 32.1 Å². The average Bonchev–Trinajstić information content (AvgIpc) is 2.56. The lowest BCUT2D eigenvalue weighted by Crippen LogP contribution is -2.54. The molecule has 6 nitrogen and oxygen atoms in total. The molecule has 1 aliphatic heterocycles. The highest BCUT2D eigenvalue weighted by atomic mass is 16.2. The van der Waals surface area contributed by atoms with Gasteiger partial charge in [-0.25, -0.2) is 0 Å². The van der Waals surface area contributed by atoms with Crippen LogP contribution in [-0.4, -0.2) is 66.9 Å². The maximum absolute atomic E-state index is 12.5. The van der Waals surface area contributed by atoms with Crippen LogP contribution in [0.4, 0.5) is 0 Å². The van der Waals surface area contributed by atoms with Crippen LogP contribution >= 0.6 is 0 Å². The Morgan fingerprint density at radius 2 is 1.78 bits per heavy atom. The van der Waals surface area contributed by atoms with E-state index in [2.05, 4.69) is 10.2 Å². The molecule has 2 amide bonds. The third kappa shape index (κ3) is 5.77. The highest BCUT2D eigenvalue weighted by molar-refractivity contribution is 5.82. The van der Waals surface area contributed by atoms with Crippen LogP contribution in [0.25, 0.3) is 0 Å². The predicted molar refractivity (Wildman–Crippen MR) is 90.9 cm³/mol. The second kappa shape index (κ2) is 9.23. The molecule has 0 radical (unpaired) electrons. The monoisotopic (exact) mass is 324 g/mol. The van der Waals surface area contributed by atoms with E-state index in [1.807, 2.05) is 11.8 Å². The fourth-order valence-corrected chi connectivity index (χ4v) is 3.70. The number of hydrogen-bond acceptors (Lipinski definition) is 4. The Morgan fingerprint density at radius 3 is 2.39 bits per heavy atom. The summed E-state index contributed by atoms with van der Waals surface area (Å²) in [7, 11) is 0. The molecule has 2 aliphatic rings. The van der Waals surface area contributed by atoms with E-state index in [1.165, 1.54) is 32.1 Å². The number of likely N-dealkylation sites (N-methyl/N-ethyl adjacent to an activating group) is 1. The molecule has 0 spiro atoms. The van der Waals surface area contributed by atoms with Crippen molar-refractivity contribution in [2.75, 3.05) is 39.3 Å². The summed E-state index contributed by atoms with van der Waals surface area (Å²) in [4.78, 5) is 28.1. The molecule has 0 bridgehead atoms. The second-order valence-electron chi connectivity index (χ2n) is 6.90. The van der Waals surface area contributed by atoms with Crippen molar-refractivity contribution in [3.05, 3.63) is 0 Å². The number of nitrogens with one attached hydrogen (secondary N) is 1. The summed E-state index contributed by atoms with van der Waals surface area (Å²) in [6, 6.07) is -0.354. The van der Waals surface area contributed by atoms with Crippen molar-refractivity contribution in [3.63, 3.8) is 0 Å². The maximum Gasteiger partial charge on any atom is 0.239 e. The lowest BCUT2D eigenvalue weighted by atomic mass is 9.84. The fourth-order valence-electron chi connectivity index (χ4n) is 3.70. The summed E-state index contributed by atoms with van der Waals surface area (Å²) < 4.78 is 0. The first kappa shape index (κ1) is 18.2. The van der Waals surface area contributed by atoms with E-state index in [0.717, 1.165) is 19.5 Å². The summed E-state index contributed by atoms with van der Waals surface area (Å²) in [5.74, 6) is 0.774. The van der Waals surface area contributed by atoms with Gasteiger partial charge in [-0.05, 0) is 19.3 Å². The van der Waals surface area contributed by atoms with Crippen LogP contribution < -0.4 is 11.1 Å². The number of carbonyl (C=O) groups excluding carboxylic acids is 2. The molecule has 6 heteroatoms. The fraction of sp³-hybridized carbons (Fsp3) is 0.882. The van der Waals surface area contributed by atoms with Gasteiger partial charge in [0.15, 0.2) is 0 Å². The second-order valence-corrected chi connectivity index (χ2v) is 6.90. The number of amides is 2. The minimum atomic E-state index is -0.354. The minimum Gasteiger partial charge on any atom is -0.355 e. The van der Waals surface area contributed by atoms with Crippen LogP contribution in [0.5, 0.6) is 0 Å². The van der Waals surface area contributed by atoms with E-state index < -0.39 is 0 Å². The summed E-state index contributed by atoms with van der Waals surface area (Å²) >= 11 is 0. The molecular formula is C17H32N4O2. The van der Waals surface area contributed by atoms with Gasteiger partial charge in [-0.2, -0.15) is 0 Å². The van der Waals surface area contributed by atoms with Gasteiger partial charge < -0.3 is 16.0 Å². The van der Waals surface area contributed by atoms with Crippen LogP contribution in [0, 0.1) is 5.92 Å². The number of nitrogens with two attached hydrogens (primary N) is 1. The molecule has 0 aromatic heterocycles. The molecule has 1 unspecified atom stereocenters. The number of nitrogens with zero attached hydrogens (tertiary/aromatic N) is 2. The third-order valence-corrected chi connectivity index (χ3v) is 5.05. The maximum atomic E-state index is 12.5. The number of piperazine rings is 1. The van der Waals surface area contributed by atoms with E-state index >= 15 is 0 Å². The zero-order valence-corrected chi connectivity index (χ0v) is 14.4. The molecular weight excluding hydrogens is 292 g/mol. The van der Waals surface area contributed by atoms with Gasteiger partial charge in [0.05, 0.1) is 12.6 Å². The first-order chi connectivity index (χ1) is 11.1. The van der Waals surface area contributed by atoms with Gasteiger partial charge in [-0.15, -0.1) is 0 Å². The average molecular weight is 324 g/mol. The van der Waals surface area contributed by atoms with Crippen LogP contribution in [0.2, 0.25) is 0 Å². The van der Waals surface area contributed by atoms with Crippen molar-refractivity contribution < 1.29 is 9.59 Å². The molecule has 1 saturated carbocycles. The van der Waals surface area contributed by atoms with E-state index in [0.29, 0.717) is 32.1 Å². The largest absolute Gasteiger partial charge is 0.355 e. The van der Waals surface area contributed by atoms with E-state index in [-0.39, 0.29) is 17.9 Å². The summed E-state index contributed by atoms with van der Waals surface area (Å²) in [6.45, 7) is 5.85. The van der Waals surface area contributed by atoms with Gasteiger partial charge in [0.2, 0.25) is 11.8 Å². The van der Waals surface area contributed by atoms with Crippen molar-refractivity contribution in [2.24, 2.45) is 11.7 Å². The standard InChI is InChI=1S/C17H32N4O2/c1-2-19-16(22)13-20-8-10-21(11-9-20)17(23)15(18)12-14-6-4-3-5-7-14/h14-15H,2-13,18H2,1H3,(H,19,22). The van der Waals surface area contributed by atoms with E-state index in [4.69, 9.17) is 5.73 Å². The Hall–Kier alpha value is -1.14. The zero-order chi connectivity index (χ0) is 16.7. The summed E-state index contributed by atoms with van der Waals surface area (Å²) in [5, 5.41) is 2.81. The molecule has 1 saturated heterocycles. The van der Waals surface area contributed by atoms with Crippen molar-refractivity contribution in [1.82, 2.24) is 15.1 Å². The highest BCUT2D eigenvalue weighted by Crippen LogP contribution is 2.27. The molecule has 132 valence electrons. The molecule has 0 aromatic rings. The Labute approximate surface area is 139 Å². The third-order valence-electron chi connectivity index (χ3n) is 5.05. The first-order valence-corrected chi connectivity index (χ1v) is 9.13. The van der Waals surface area contributed by atoms with Gasteiger partial charge >= 0.3 is 0 Å². The Balaban J connectivity index is 1.71. The molecule has 2 rings (SSSR count). The molecule has 0 aromatic carbocycles. The molecule has 1 atom stereocenters. The Bertz CT molecular complexity index is 388. The topological polar surface area (TPSA) is 78.7 Å². The van der Waals surface area contributed by atoms with Gasteiger partial charge in [0, 0.05) is 32.7 Å². The van der Waals surface area contributed by atoms with Crippen molar-refractivity contribution in [1.29, 1.82) is 0 Å².